The minimum absolute atomic E-state index is 0.0289. The average molecular weight is 477 g/mol. The Morgan fingerprint density at radius 3 is 1.97 bits per heavy atom. The van der Waals surface area contributed by atoms with Gasteiger partial charge in [-0.3, -0.25) is 4.90 Å². The Hall–Kier alpha value is -2.40. The molecule has 0 heterocycles. The largest absolute Gasteiger partial charge is 0.416 e. The van der Waals surface area contributed by atoms with Gasteiger partial charge in [-0.25, -0.2) is 0 Å². The van der Waals surface area contributed by atoms with E-state index in [9.17, 15) is 36.6 Å². The summed E-state index contributed by atoms with van der Waals surface area (Å²) in [5.74, 6) is 0. The summed E-state index contributed by atoms with van der Waals surface area (Å²) in [6.45, 7) is 4.81. The molecule has 0 aliphatic carbocycles. The fourth-order valence-corrected chi connectivity index (χ4v) is 3.39. The number of benzene rings is 2. The second-order valence-corrected chi connectivity index (χ2v) is 7.56. The van der Waals surface area contributed by atoms with Gasteiger partial charge in [0.15, 0.2) is 6.29 Å². The van der Waals surface area contributed by atoms with Crippen LogP contribution in [0.5, 0.6) is 0 Å². The van der Waals surface area contributed by atoms with Gasteiger partial charge in [0.25, 0.3) is 0 Å². The van der Waals surface area contributed by atoms with E-state index in [0.29, 0.717) is 17.7 Å². The average Bonchev–Trinajstić information content (AvgIpc) is 2.71. The number of hydrogen-bond donors (Lipinski definition) is 2. The van der Waals surface area contributed by atoms with Crippen LogP contribution >= 0.6 is 0 Å². The summed E-state index contributed by atoms with van der Waals surface area (Å²) in [6.07, 6.45) is -10.9. The molecule has 4 nitrogen and oxygen atoms in total. The van der Waals surface area contributed by atoms with Crippen LogP contribution in [0.15, 0.2) is 61.2 Å². The number of rotatable bonds is 10. The monoisotopic (exact) mass is 477 g/mol. The topological polar surface area (TPSA) is 52.9 Å². The lowest BCUT2D eigenvalue weighted by Gasteiger charge is -2.35. The van der Waals surface area contributed by atoms with E-state index in [0.717, 1.165) is 0 Å². The van der Waals surface area contributed by atoms with Crippen molar-refractivity contribution in [3.63, 3.8) is 0 Å². The van der Waals surface area contributed by atoms with Gasteiger partial charge in [-0.1, -0.05) is 36.4 Å². The highest BCUT2D eigenvalue weighted by Gasteiger charge is 2.37. The van der Waals surface area contributed by atoms with Gasteiger partial charge >= 0.3 is 12.4 Å². The van der Waals surface area contributed by atoms with Crippen molar-refractivity contribution in [3.05, 3.63) is 83.4 Å². The second kappa shape index (κ2) is 11.1. The molecule has 0 aliphatic heterocycles. The minimum Gasteiger partial charge on any atom is -0.392 e. The summed E-state index contributed by atoms with van der Waals surface area (Å²) < 4.78 is 83.9. The number of alkyl halides is 6. The van der Waals surface area contributed by atoms with Crippen LogP contribution in [-0.2, 0) is 23.7 Å². The standard InChI is InChI=1S/C23H25F6NO3/c1-3-9-30(13-15(2)31)20(17-7-5-4-6-8-17)21(32)33-14-16-10-18(22(24,25)26)12-19(11-16)23(27,28)29/h3-8,10-12,15,20-21,31-32H,1,9,13-14H2,2H3/t15-,20+,21?/m1/s1. The van der Waals surface area contributed by atoms with Crippen LogP contribution in [0.25, 0.3) is 0 Å². The Kier molecular flexibility index (Phi) is 9.07. The van der Waals surface area contributed by atoms with Crippen molar-refractivity contribution in [3.8, 4) is 0 Å². The molecule has 182 valence electrons. The fraction of sp³-hybridized carbons (Fsp3) is 0.391. The Balaban J connectivity index is 2.34. The zero-order valence-corrected chi connectivity index (χ0v) is 17.8. The number of ether oxygens (including phenoxy) is 1. The van der Waals surface area contributed by atoms with Crippen LogP contribution in [-0.4, -0.2) is 40.6 Å². The molecular formula is C23H25F6NO3. The van der Waals surface area contributed by atoms with Crippen molar-refractivity contribution < 1.29 is 41.3 Å². The van der Waals surface area contributed by atoms with Crippen molar-refractivity contribution in [2.45, 2.75) is 44.3 Å². The number of aliphatic hydroxyl groups is 2. The van der Waals surface area contributed by atoms with E-state index in [1.807, 2.05) is 0 Å². The van der Waals surface area contributed by atoms with Gasteiger partial charge in [0.1, 0.15) is 0 Å². The lowest BCUT2D eigenvalue weighted by atomic mass is 10.0. The van der Waals surface area contributed by atoms with Crippen molar-refractivity contribution in [2.24, 2.45) is 0 Å². The number of nitrogens with zero attached hydrogens (tertiary/aromatic N) is 1. The first kappa shape index (κ1) is 26.8. The van der Waals surface area contributed by atoms with E-state index < -0.39 is 54.1 Å². The van der Waals surface area contributed by atoms with Gasteiger partial charge in [-0.05, 0) is 36.2 Å². The van der Waals surface area contributed by atoms with Crippen molar-refractivity contribution in [1.29, 1.82) is 0 Å². The van der Waals surface area contributed by atoms with E-state index in [2.05, 4.69) is 6.58 Å². The molecule has 1 unspecified atom stereocenters. The molecule has 33 heavy (non-hydrogen) atoms. The Morgan fingerprint density at radius 2 is 1.52 bits per heavy atom. The van der Waals surface area contributed by atoms with E-state index in [4.69, 9.17) is 4.74 Å². The first-order valence-electron chi connectivity index (χ1n) is 9.99. The molecule has 3 atom stereocenters. The van der Waals surface area contributed by atoms with Crippen molar-refractivity contribution >= 4 is 0 Å². The lowest BCUT2D eigenvalue weighted by molar-refractivity contribution is -0.155. The quantitative estimate of drug-likeness (QED) is 0.282. The van der Waals surface area contributed by atoms with Crippen LogP contribution in [0.1, 0.15) is 35.2 Å². The second-order valence-electron chi connectivity index (χ2n) is 7.56. The van der Waals surface area contributed by atoms with E-state index >= 15 is 0 Å². The zero-order valence-electron chi connectivity index (χ0n) is 17.8. The van der Waals surface area contributed by atoms with Crippen LogP contribution < -0.4 is 0 Å². The molecule has 0 radical (unpaired) electrons. The molecule has 0 spiro atoms. The first-order chi connectivity index (χ1) is 15.3. The van der Waals surface area contributed by atoms with Crippen molar-refractivity contribution in [1.82, 2.24) is 4.90 Å². The predicted molar refractivity (Wildman–Crippen MR) is 110 cm³/mol. The minimum atomic E-state index is -4.99. The highest BCUT2D eigenvalue weighted by Crippen LogP contribution is 2.36. The van der Waals surface area contributed by atoms with Gasteiger partial charge in [0.2, 0.25) is 0 Å². The highest BCUT2D eigenvalue weighted by atomic mass is 19.4. The van der Waals surface area contributed by atoms with Gasteiger partial charge in [-0.2, -0.15) is 26.3 Å². The van der Waals surface area contributed by atoms with Crippen LogP contribution in [0.3, 0.4) is 0 Å². The molecule has 0 aromatic heterocycles. The molecule has 10 heteroatoms. The summed E-state index contributed by atoms with van der Waals surface area (Å²) in [6, 6.07) is 8.77. The zero-order chi connectivity index (χ0) is 24.8. The normalized spacial score (nSPS) is 15.3. The Labute approximate surface area is 187 Å². The lowest BCUT2D eigenvalue weighted by Crippen LogP contribution is -2.41. The first-order valence-corrected chi connectivity index (χ1v) is 9.99. The molecule has 2 N–H and O–H groups in total. The number of halogens is 6. The maximum Gasteiger partial charge on any atom is 0.416 e. The maximum atomic E-state index is 13.1. The summed E-state index contributed by atoms with van der Waals surface area (Å²) in [5, 5.41) is 20.6. The third kappa shape index (κ3) is 7.85. The molecule has 0 bridgehead atoms. The fourth-order valence-electron chi connectivity index (χ4n) is 3.39. The van der Waals surface area contributed by atoms with Gasteiger partial charge in [0, 0.05) is 13.1 Å². The van der Waals surface area contributed by atoms with Crippen LogP contribution in [0, 0.1) is 0 Å². The van der Waals surface area contributed by atoms with E-state index in [1.54, 1.807) is 35.2 Å². The number of hydrogen-bond acceptors (Lipinski definition) is 4. The molecule has 0 saturated carbocycles. The van der Waals surface area contributed by atoms with E-state index in [-0.39, 0.29) is 19.2 Å². The molecule has 2 aromatic rings. The molecular weight excluding hydrogens is 452 g/mol. The summed E-state index contributed by atoms with van der Waals surface area (Å²) >= 11 is 0. The highest BCUT2D eigenvalue weighted by molar-refractivity contribution is 5.33. The Bertz CT molecular complexity index is 867. The summed E-state index contributed by atoms with van der Waals surface area (Å²) in [5.41, 5.74) is -2.75. The number of aliphatic hydroxyl groups excluding tert-OH is 2. The van der Waals surface area contributed by atoms with Gasteiger partial charge in [0.05, 0.1) is 29.9 Å². The summed E-state index contributed by atoms with van der Waals surface area (Å²) in [7, 11) is 0. The maximum absolute atomic E-state index is 13.1. The molecule has 0 fully saturated rings. The van der Waals surface area contributed by atoms with Crippen LogP contribution in [0.2, 0.25) is 0 Å². The molecule has 2 rings (SSSR count). The molecule has 0 amide bonds. The Morgan fingerprint density at radius 1 is 0.970 bits per heavy atom. The molecule has 0 saturated heterocycles. The predicted octanol–water partition coefficient (Wildman–Crippen LogP) is 5.17. The third-order valence-electron chi connectivity index (χ3n) is 4.74. The smallest absolute Gasteiger partial charge is 0.392 e. The molecule has 2 aromatic carbocycles. The third-order valence-corrected chi connectivity index (χ3v) is 4.74. The molecule has 0 aliphatic rings. The van der Waals surface area contributed by atoms with Crippen molar-refractivity contribution in [2.75, 3.05) is 13.1 Å². The van der Waals surface area contributed by atoms with Gasteiger partial charge in [-0.15, -0.1) is 6.58 Å². The SMILES string of the molecule is C=CCN(C[C@@H](C)O)[C@@H](c1ccccc1)C(O)OCc1cc(C(F)(F)F)cc(C(F)(F)F)c1. The summed E-state index contributed by atoms with van der Waals surface area (Å²) in [4.78, 5) is 1.64. The van der Waals surface area contributed by atoms with Gasteiger partial charge < -0.3 is 14.9 Å². The van der Waals surface area contributed by atoms with Crippen LogP contribution in [0.4, 0.5) is 26.3 Å². The van der Waals surface area contributed by atoms with E-state index in [1.165, 1.54) is 13.0 Å².